The van der Waals surface area contributed by atoms with Crippen LogP contribution in [-0.4, -0.2) is 5.78 Å². The normalized spacial score (nSPS) is 33.4. The molecule has 2 nitrogen and oxygen atoms in total. The highest BCUT2D eigenvalue weighted by Gasteiger charge is 2.30. The Morgan fingerprint density at radius 3 is 2.80 bits per heavy atom. The lowest BCUT2D eigenvalue weighted by Crippen LogP contribution is -2.23. The molecule has 1 aliphatic carbocycles. The second kappa shape index (κ2) is 2.42. The number of nitriles is 1. The van der Waals surface area contributed by atoms with Crippen molar-refractivity contribution in [3.8, 4) is 6.07 Å². The van der Waals surface area contributed by atoms with Crippen molar-refractivity contribution in [2.24, 2.45) is 5.41 Å². The van der Waals surface area contributed by atoms with E-state index in [1.807, 2.05) is 6.92 Å². The van der Waals surface area contributed by atoms with E-state index in [1.54, 1.807) is 0 Å². The van der Waals surface area contributed by atoms with Crippen molar-refractivity contribution in [1.82, 2.24) is 0 Å². The average Bonchev–Trinajstić information content (AvgIpc) is 1.88. The zero-order chi connectivity index (χ0) is 7.61. The van der Waals surface area contributed by atoms with Crippen LogP contribution in [0.2, 0.25) is 0 Å². The summed E-state index contributed by atoms with van der Waals surface area (Å²) in [5.41, 5.74) is -0.352. The number of nitrogens with zero attached hydrogens (tertiary/aromatic N) is 1. The third kappa shape index (κ3) is 1.36. The summed E-state index contributed by atoms with van der Waals surface area (Å²) in [4.78, 5) is 10.9. The van der Waals surface area contributed by atoms with Gasteiger partial charge in [0.1, 0.15) is 5.78 Å². The minimum Gasteiger partial charge on any atom is -0.300 e. The van der Waals surface area contributed by atoms with Crippen LogP contribution in [0, 0.1) is 16.7 Å². The summed E-state index contributed by atoms with van der Waals surface area (Å²) in [5, 5.41) is 8.67. The predicted molar refractivity (Wildman–Crippen MR) is 37.2 cm³/mol. The monoisotopic (exact) mass is 137 g/mol. The standard InChI is InChI=1S/C8H11NO/c1-8(6-9)4-2-3-7(10)5-8/h2-5H2,1H3/t8-/m1/s1. The van der Waals surface area contributed by atoms with Gasteiger partial charge >= 0.3 is 0 Å². The number of ketones is 1. The molecule has 0 aromatic heterocycles. The molecule has 0 radical (unpaired) electrons. The molecule has 0 saturated heterocycles. The van der Waals surface area contributed by atoms with Gasteiger partial charge in [0.15, 0.2) is 0 Å². The molecule has 1 rings (SSSR count). The number of carbonyl (C=O) groups is 1. The highest BCUT2D eigenvalue weighted by atomic mass is 16.1. The van der Waals surface area contributed by atoms with Gasteiger partial charge in [-0.3, -0.25) is 4.79 Å². The Hall–Kier alpha value is -0.840. The Balaban J connectivity index is 2.64. The van der Waals surface area contributed by atoms with E-state index >= 15 is 0 Å². The smallest absolute Gasteiger partial charge is 0.134 e. The third-order valence-electron chi connectivity index (χ3n) is 2.04. The Bertz CT molecular complexity index is 192. The maximum atomic E-state index is 10.9. The molecule has 10 heavy (non-hydrogen) atoms. The van der Waals surface area contributed by atoms with Gasteiger partial charge in [-0.1, -0.05) is 0 Å². The molecule has 1 saturated carbocycles. The second-order valence-corrected chi connectivity index (χ2v) is 3.24. The van der Waals surface area contributed by atoms with Gasteiger partial charge in [0.25, 0.3) is 0 Å². The van der Waals surface area contributed by atoms with Crippen LogP contribution in [0.5, 0.6) is 0 Å². The van der Waals surface area contributed by atoms with Crippen LogP contribution >= 0.6 is 0 Å². The van der Waals surface area contributed by atoms with Gasteiger partial charge in [0.2, 0.25) is 0 Å². The first-order chi connectivity index (χ1) is 4.66. The molecule has 0 bridgehead atoms. The van der Waals surface area contributed by atoms with Crippen molar-refractivity contribution in [2.45, 2.75) is 32.6 Å². The first-order valence-electron chi connectivity index (χ1n) is 3.59. The zero-order valence-electron chi connectivity index (χ0n) is 6.18. The maximum absolute atomic E-state index is 10.9. The maximum Gasteiger partial charge on any atom is 0.134 e. The summed E-state index contributed by atoms with van der Waals surface area (Å²) >= 11 is 0. The number of hydrogen-bond donors (Lipinski definition) is 0. The van der Waals surface area contributed by atoms with Gasteiger partial charge in [-0.05, 0) is 19.8 Å². The summed E-state index contributed by atoms with van der Waals surface area (Å²) in [7, 11) is 0. The molecule has 1 fully saturated rings. The fourth-order valence-corrected chi connectivity index (χ4v) is 1.38. The van der Waals surface area contributed by atoms with Gasteiger partial charge < -0.3 is 0 Å². The molecule has 0 unspecified atom stereocenters. The van der Waals surface area contributed by atoms with Crippen molar-refractivity contribution >= 4 is 5.78 Å². The van der Waals surface area contributed by atoms with E-state index in [2.05, 4.69) is 6.07 Å². The van der Waals surface area contributed by atoms with Crippen LogP contribution in [0.25, 0.3) is 0 Å². The Morgan fingerprint density at radius 2 is 2.40 bits per heavy atom. The molecule has 0 spiro atoms. The van der Waals surface area contributed by atoms with Gasteiger partial charge in [0.05, 0.1) is 11.5 Å². The summed E-state index contributed by atoms with van der Waals surface area (Å²) < 4.78 is 0. The van der Waals surface area contributed by atoms with Crippen LogP contribution in [0.4, 0.5) is 0 Å². The average molecular weight is 137 g/mol. The Kier molecular flexibility index (Phi) is 1.76. The lowest BCUT2D eigenvalue weighted by molar-refractivity contribution is -0.122. The highest BCUT2D eigenvalue weighted by molar-refractivity contribution is 5.80. The second-order valence-electron chi connectivity index (χ2n) is 3.24. The first kappa shape index (κ1) is 7.27. The number of hydrogen-bond acceptors (Lipinski definition) is 2. The van der Waals surface area contributed by atoms with Crippen molar-refractivity contribution in [2.75, 3.05) is 0 Å². The van der Waals surface area contributed by atoms with Crippen LogP contribution in [0.3, 0.4) is 0 Å². The predicted octanol–water partition coefficient (Wildman–Crippen LogP) is 1.66. The van der Waals surface area contributed by atoms with Crippen LogP contribution in [0.1, 0.15) is 32.6 Å². The fourth-order valence-electron chi connectivity index (χ4n) is 1.38. The minimum absolute atomic E-state index is 0.246. The van der Waals surface area contributed by atoms with E-state index in [4.69, 9.17) is 5.26 Å². The molecule has 0 aromatic rings. The van der Waals surface area contributed by atoms with Crippen molar-refractivity contribution in [3.05, 3.63) is 0 Å². The van der Waals surface area contributed by atoms with E-state index in [9.17, 15) is 4.79 Å². The van der Waals surface area contributed by atoms with Crippen molar-refractivity contribution in [3.63, 3.8) is 0 Å². The van der Waals surface area contributed by atoms with Crippen LogP contribution in [-0.2, 0) is 4.79 Å². The van der Waals surface area contributed by atoms with Crippen LogP contribution < -0.4 is 0 Å². The number of rotatable bonds is 0. The summed E-state index contributed by atoms with van der Waals surface area (Å²) in [6.45, 7) is 1.87. The molecule has 1 atom stereocenters. The molecule has 0 aliphatic heterocycles. The summed E-state index contributed by atoms with van der Waals surface area (Å²) in [5.74, 6) is 0.246. The highest BCUT2D eigenvalue weighted by Crippen LogP contribution is 2.32. The number of Topliss-reactive ketones (excluding diaryl/α,β-unsaturated/α-hetero) is 1. The zero-order valence-corrected chi connectivity index (χ0v) is 6.18. The van der Waals surface area contributed by atoms with E-state index in [0.717, 1.165) is 12.8 Å². The van der Waals surface area contributed by atoms with Crippen LogP contribution in [0.15, 0.2) is 0 Å². The molecule has 54 valence electrons. The molecule has 1 aliphatic rings. The van der Waals surface area contributed by atoms with E-state index < -0.39 is 0 Å². The van der Waals surface area contributed by atoms with Gasteiger partial charge in [-0.2, -0.15) is 5.26 Å². The van der Waals surface area contributed by atoms with E-state index in [1.165, 1.54) is 0 Å². The molecule has 0 aromatic carbocycles. The minimum atomic E-state index is -0.352. The fraction of sp³-hybridized carbons (Fsp3) is 0.750. The molecule has 0 N–H and O–H groups in total. The molecule has 0 heterocycles. The topological polar surface area (TPSA) is 40.9 Å². The molecule has 0 amide bonds. The van der Waals surface area contributed by atoms with Gasteiger partial charge in [-0.15, -0.1) is 0 Å². The molecule has 2 heteroatoms. The molecular weight excluding hydrogens is 126 g/mol. The lowest BCUT2D eigenvalue weighted by Gasteiger charge is -2.24. The summed E-state index contributed by atoms with van der Waals surface area (Å²) in [6.07, 6.45) is 2.92. The third-order valence-corrected chi connectivity index (χ3v) is 2.04. The lowest BCUT2D eigenvalue weighted by atomic mass is 9.76. The van der Waals surface area contributed by atoms with Gasteiger partial charge in [-0.25, -0.2) is 0 Å². The van der Waals surface area contributed by atoms with Crippen molar-refractivity contribution in [1.29, 1.82) is 5.26 Å². The Labute approximate surface area is 60.8 Å². The Morgan fingerprint density at radius 1 is 1.70 bits per heavy atom. The van der Waals surface area contributed by atoms with E-state index in [0.29, 0.717) is 12.8 Å². The largest absolute Gasteiger partial charge is 0.300 e. The quantitative estimate of drug-likeness (QED) is 0.509. The molecular formula is C8H11NO. The number of carbonyl (C=O) groups excluding carboxylic acids is 1. The first-order valence-corrected chi connectivity index (χ1v) is 3.59. The summed E-state index contributed by atoms with van der Waals surface area (Å²) in [6, 6.07) is 2.19. The SMILES string of the molecule is C[C@@]1(C#N)CCCC(=O)C1. The van der Waals surface area contributed by atoms with Crippen molar-refractivity contribution < 1.29 is 4.79 Å². The van der Waals surface area contributed by atoms with Gasteiger partial charge in [0, 0.05) is 12.8 Å². The van der Waals surface area contributed by atoms with E-state index in [-0.39, 0.29) is 11.2 Å².